The molecule has 12 heavy (non-hydrogen) atoms. The van der Waals surface area contributed by atoms with Gasteiger partial charge in [0, 0.05) is 0 Å². The Hall–Kier alpha value is -1.65. The number of nitriles is 1. The third-order valence-corrected chi connectivity index (χ3v) is 0.892. The summed E-state index contributed by atoms with van der Waals surface area (Å²) in [5.41, 5.74) is 0. The molecule has 70 valence electrons. The van der Waals surface area contributed by atoms with E-state index in [2.05, 4.69) is 0 Å². The summed E-state index contributed by atoms with van der Waals surface area (Å²) in [6, 6.07) is 1.47. The topological polar surface area (TPSA) is 168 Å². The summed E-state index contributed by atoms with van der Waals surface area (Å²) >= 11 is 0. The van der Waals surface area contributed by atoms with E-state index in [9.17, 15) is 9.59 Å². The van der Waals surface area contributed by atoms with Crippen molar-refractivity contribution in [3.63, 3.8) is 0 Å². The molecule has 0 fully saturated rings. The van der Waals surface area contributed by atoms with Gasteiger partial charge in [-0.25, -0.2) is 0 Å². The van der Waals surface area contributed by atoms with Crippen molar-refractivity contribution < 1.29 is 19.8 Å². The summed E-state index contributed by atoms with van der Waals surface area (Å²) in [6.07, 6.45) is -0.495. The third kappa shape index (κ3) is 5.16. The molecule has 0 aliphatic carbocycles. The minimum atomic E-state index is -1.59. The van der Waals surface area contributed by atoms with Gasteiger partial charge in [0.05, 0.1) is 12.5 Å². The van der Waals surface area contributed by atoms with E-state index in [4.69, 9.17) is 15.5 Å². The van der Waals surface area contributed by atoms with Gasteiger partial charge in [0.2, 0.25) is 0 Å². The fraction of sp³-hybridized carbons (Fsp3) is 0.400. The fourth-order valence-corrected chi connectivity index (χ4v) is 0.372. The van der Waals surface area contributed by atoms with E-state index in [0.29, 0.717) is 0 Å². The van der Waals surface area contributed by atoms with Crippen molar-refractivity contribution in [3.05, 3.63) is 0 Å². The highest BCUT2D eigenvalue weighted by Gasteiger charge is 2.24. The molecule has 0 saturated heterocycles. The maximum atomic E-state index is 10.00. The van der Waals surface area contributed by atoms with Crippen LogP contribution in [-0.2, 0) is 9.59 Å². The molecule has 0 aromatic heterocycles. The fourth-order valence-electron chi connectivity index (χ4n) is 0.372. The van der Waals surface area contributed by atoms with Crippen LogP contribution in [0, 0.1) is 17.2 Å². The molecule has 7 nitrogen and oxygen atoms in total. The molecular weight excluding hydrogens is 166 g/mol. The Bertz CT molecular complexity index is 183. The summed E-state index contributed by atoms with van der Waals surface area (Å²) in [4.78, 5) is 20.0. The van der Waals surface area contributed by atoms with Crippen LogP contribution in [0.25, 0.3) is 0 Å². The van der Waals surface area contributed by atoms with Crippen LogP contribution >= 0.6 is 0 Å². The van der Waals surface area contributed by atoms with Crippen molar-refractivity contribution in [2.24, 2.45) is 5.92 Å². The largest absolute Gasteiger partial charge is 0.481 e. The first kappa shape index (κ1) is 16.7. The van der Waals surface area contributed by atoms with Crippen molar-refractivity contribution in [2.45, 2.75) is 6.42 Å². The molecule has 8 N–H and O–H groups in total. The Balaban J connectivity index is -0.000000405. The smallest absolute Gasteiger partial charge is 0.318 e. The number of hydrogen-bond donors (Lipinski definition) is 4. The average molecular weight is 177 g/mol. The quantitative estimate of drug-likeness (QED) is 0.440. The van der Waals surface area contributed by atoms with Crippen LogP contribution in [0.4, 0.5) is 0 Å². The lowest BCUT2D eigenvalue weighted by Crippen LogP contribution is -2.22. The van der Waals surface area contributed by atoms with Crippen LogP contribution in [0.5, 0.6) is 0 Å². The predicted molar refractivity (Wildman–Crippen MR) is 39.0 cm³/mol. The molecule has 0 saturated carbocycles. The van der Waals surface area contributed by atoms with Crippen LogP contribution in [0.2, 0.25) is 0 Å². The highest BCUT2D eigenvalue weighted by atomic mass is 16.4. The summed E-state index contributed by atoms with van der Waals surface area (Å²) in [5, 5.41) is 24.2. The van der Waals surface area contributed by atoms with E-state index in [1.165, 1.54) is 6.07 Å². The van der Waals surface area contributed by atoms with Crippen molar-refractivity contribution >= 4 is 11.9 Å². The molecule has 0 atom stereocenters. The van der Waals surface area contributed by atoms with Gasteiger partial charge in [-0.2, -0.15) is 5.26 Å². The first-order valence-electron chi connectivity index (χ1n) is 2.42. The Morgan fingerprint density at radius 2 is 1.58 bits per heavy atom. The van der Waals surface area contributed by atoms with E-state index in [1.54, 1.807) is 0 Å². The van der Waals surface area contributed by atoms with Gasteiger partial charge in [0.1, 0.15) is 0 Å². The molecule has 0 rings (SSSR count). The SMILES string of the molecule is N.N.N#CCC(C(=O)O)C(=O)O. The standard InChI is InChI=1S/C5H5NO4.2H3N/c6-2-1-3(4(7)8)5(9)10;;/h3H,1H2,(H,7,8)(H,9,10);2*1H3. The van der Waals surface area contributed by atoms with Crippen molar-refractivity contribution in [1.82, 2.24) is 12.3 Å². The zero-order chi connectivity index (χ0) is 8.15. The van der Waals surface area contributed by atoms with E-state index in [-0.39, 0.29) is 12.3 Å². The number of nitrogens with zero attached hydrogens (tertiary/aromatic N) is 1. The maximum absolute atomic E-state index is 10.00. The minimum Gasteiger partial charge on any atom is -0.481 e. The molecule has 0 unspecified atom stereocenters. The van der Waals surface area contributed by atoms with Crippen LogP contribution in [0.15, 0.2) is 0 Å². The molecule has 0 heterocycles. The number of carboxylic acids is 2. The second kappa shape index (κ2) is 7.46. The summed E-state index contributed by atoms with van der Waals surface area (Å²) < 4.78 is 0. The second-order valence-electron chi connectivity index (χ2n) is 1.59. The summed E-state index contributed by atoms with van der Waals surface area (Å²) in [5.74, 6) is -4.55. The Kier molecular flexibility index (Phi) is 10.4. The molecule has 0 aliphatic heterocycles. The lowest BCUT2D eigenvalue weighted by atomic mass is 10.1. The number of rotatable bonds is 3. The highest BCUT2D eigenvalue weighted by molar-refractivity contribution is 5.93. The lowest BCUT2D eigenvalue weighted by molar-refractivity contribution is -0.154. The monoisotopic (exact) mass is 177 g/mol. The second-order valence-corrected chi connectivity index (χ2v) is 1.59. The molecule has 0 radical (unpaired) electrons. The number of hydrogen-bond acceptors (Lipinski definition) is 5. The minimum absolute atomic E-state index is 0. The van der Waals surface area contributed by atoms with E-state index in [0.717, 1.165) is 0 Å². The van der Waals surface area contributed by atoms with E-state index >= 15 is 0 Å². The van der Waals surface area contributed by atoms with Crippen molar-refractivity contribution in [1.29, 1.82) is 5.26 Å². The summed E-state index contributed by atoms with van der Waals surface area (Å²) in [7, 11) is 0. The third-order valence-electron chi connectivity index (χ3n) is 0.892. The Labute approximate surface area is 68.8 Å². The van der Waals surface area contributed by atoms with Gasteiger partial charge in [-0.15, -0.1) is 0 Å². The van der Waals surface area contributed by atoms with E-state index < -0.39 is 24.3 Å². The molecular formula is C5H11N3O4. The predicted octanol–water partition coefficient (Wildman–Crippen LogP) is 0.00948. The van der Waals surface area contributed by atoms with Crippen molar-refractivity contribution in [3.8, 4) is 6.07 Å². The Morgan fingerprint density at radius 1 is 1.25 bits per heavy atom. The molecule has 0 bridgehead atoms. The first-order valence-corrected chi connectivity index (χ1v) is 2.42. The zero-order valence-electron chi connectivity index (χ0n) is 6.36. The molecule has 0 spiro atoms. The van der Waals surface area contributed by atoms with Gasteiger partial charge < -0.3 is 22.5 Å². The molecule has 7 heteroatoms. The molecule has 0 aliphatic rings. The number of carbonyl (C=O) groups is 2. The van der Waals surface area contributed by atoms with E-state index in [1.807, 2.05) is 0 Å². The molecule has 0 aromatic carbocycles. The lowest BCUT2D eigenvalue weighted by Gasteiger charge is -1.98. The van der Waals surface area contributed by atoms with Gasteiger partial charge in [0.15, 0.2) is 5.92 Å². The first-order chi connectivity index (χ1) is 4.59. The highest BCUT2D eigenvalue weighted by Crippen LogP contribution is 2.01. The Morgan fingerprint density at radius 3 is 1.67 bits per heavy atom. The van der Waals surface area contributed by atoms with Crippen LogP contribution in [-0.4, -0.2) is 22.2 Å². The molecule has 0 aromatic rings. The van der Waals surface area contributed by atoms with Gasteiger partial charge in [-0.1, -0.05) is 0 Å². The maximum Gasteiger partial charge on any atom is 0.318 e. The number of aliphatic carboxylic acids is 2. The number of carboxylic acid groups (broad SMARTS) is 2. The summed E-state index contributed by atoms with van der Waals surface area (Å²) in [6.45, 7) is 0. The van der Waals surface area contributed by atoms with Gasteiger partial charge in [0.25, 0.3) is 0 Å². The normalized spacial score (nSPS) is 7.33. The van der Waals surface area contributed by atoms with Crippen molar-refractivity contribution in [2.75, 3.05) is 0 Å². The van der Waals surface area contributed by atoms with Gasteiger partial charge in [-0.05, 0) is 0 Å². The molecule has 0 amide bonds. The van der Waals surface area contributed by atoms with Gasteiger partial charge >= 0.3 is 11.9 Å². The van der Waals surface area contributed by atoms with Crippen LogP contribution in [0.1, 0.15) is 6.42 Å². The average Bonchev–Trinajstić information content (AvgIpc) is 1.81. The van der Waals surface area contributed by atoms with Crippen LogP contribution in [0.3, 0.4) is 0 Å². The van der Waals surface area contributed by atoms with Crippen LogP contribution < -0.4 is 12.3 Å². The van der Waals surface area contributed by atoms with Gasteiger partial charge in [-0.3, -0.25) is 9.59 Å². The zero-order valence-corrected chi connectivity index (χ0v) is 6.36.